The summed E-state index contributed by atoms with van der Waals surface area (Å²) in [5, 5.41) is 19.7. The zero-order valence-corrected chi connectivity index (χ0v) is 21.3. The van der Waals surface area contributed by atoms with E-state index in [-0.39, 0.29) is 0 Å². The predicted molar refractivity (Wildman–Crippen MR) is 126 cm³/mol. The zero-order chi connectivity index (χ0) is 26.8. The first-order valence-corrected chi connectivity index (χ1v) is 11.7. The molecule has 3 unspecified atom stereocenters. The van der Waals surface area contributed by atoms with E-state index in [0.717, 1.165) is 12.0 Å². The van der Waals surface area contributed by atoms with Gasteiger partial charge in [-0.3, -0.25) is 9.69 Å². The number of carbonyl (C=O) groups excluding carboxylic acids is 3. The van der Waals surface area contributed by atoms with Gasteiger partial charge >= 0.3 is 23.9 Å². The number of ether oxygens (including phenoxy) is 1. The highest BCUT2D eigenvalue weighted by Crippen LogP contribution is 2.22. The average Bonchev–Trinajstić information content (AvgIpc) is 2.77. The Morgan fingerprint density at radius 1 is 0.943 bits per heavy atom. The molecule has 3 atom stereocenters. The lowest BCUT2D eigenvalue weighted by Gasteiger charge is -2.30. The number of benzene rings is 1. The van der Waals surface area contributed by atoms with Crippen LogP contribution in [-0.2, 0) is 40.1 Å². The molecule has 0 heterocycles. The van der Waals surface area contributed by atoms with E-state index in [2.05, 4.69) is 23.6 Å². The monoisotopic (exact) mass is 495 g/mol. The smallest absolute Gasteiger partial charge is 0.362 e. The molecule has 0 aromatic heterocycles. The van der Waals surface area contributed by atoms with Crippen molar-refractivity contribution in [3.05, 3.63) is 35.4 Å². The number of carbonyl (C=O) groups is 4. The van der Waals surface area contributed by atoms with Gasteiger partial charge in [0.15, 0.2) is 11.8 Å². The van der Waals surface area contributed by atoms with Crippen molar-refractivity contribution in [2.24, 2.45) is 5.92 Å². The molecule has 0 bridgehead atoms. The fraction of sp³-hybridized carbons (Fsp3) is 0.600. The molecule has 196 valence electrons. The Labute approximate surface area is 206 Å². The molecule has 10 nitrogen and oxygen atoms in total. The number of rotatable bonds is 13. The highest BCUT2D eigenvalue weighted by molar-refractivity contribution is 5.90. The van der Waals surface area contributed by atoms with Crippen molar-refractivity contribution in [1.82, 2.24) is 4.90 Å². The summed E-state index contributed by atoms with van der Waals surface area (Å²) in [6.45, 7) is 12.1. The maximum atomic E-state index is 12.5. The van der Waals surface area contributed by atoms with Crippen LogP contribution in [0, 0.1) is 5.92 Å². The van der Waals surface area contributed by atoms with Crippen molar-refractivity contribution >= 4 is 23.9 Å². The van der Waals surface area contributed by atoms with Gasteiger partial charge in [-0.05, 0) is 50.4 Å². The maximum Gasteiger partial charge on any atom is 0.362 e. The Morgan fingerprint density at radius 3 is 2.00 bits per heavy atom. The van der Waals surface area contributed by atoms with E-state index in [4.69, 9.17) is 9.84 Å². The van der Waals surface area contributed by atoms with Crippen LogP contribution in [0.2, 0.25) is 0 Å². The fourth-order valence-electron chi connectivity index (χ4n) is 3.51. The molecule has 0 spiro atoms. The summed E-state index contributed by atoms with van der Waals surface area (Å²) in [7, 11) is 0. The van der Waals surface area contributed by atoms with E-state index in [0.29, 0.717) is 24.6 Å². The van der Waals surface area contributed by atoms with Crippen LogP contribution in [0.5, 0.6) is 0 Å². The molecule has 1 aromatic rings. The first kappa shape index (κ1) is 30.1. The molecule has 0 saturated carbocycles. The standard InChI is InChI=1S/C25H37NO9/c1-7-26(8-2)18(6)33-24(31)25(32,14-21(27)28)15-22(29)34-35-23(30)17(5)20-11-9-19(10-12-20)13-16(3)4/h9-12,16-18,32H,7-8,13-15H2,1-6H3,(H,27,28). The highest BCUT2D eigenvalue weighted by Gasteiger charge is 2.44. The maximum absolute atomic E-state index is 12.5. The van der Waals surface area contributed by atoms with Crippen LogP contribution in [-0.4, -0.2) is 63.9 Å². The predicted octanol–water partition coefficient (Wildman–Crippen LogP) is 2.82. The van der Waals surface area contributed by atoms with Crippen molar-refractivity contribution in [2.75, 3.05) is 13.1 Å². The molecule has 0 aliphatic heterocycles. The first-order valence-electron chi connectivity index (χ1n) is 11.7. The molecule has 0 amide bonds. The Hall–Kier alpha value is -2.98. The molecule has 0 fully saturated rings. The molecule has 0 radical (unpaired) electrons. The number of nitrogens with zero attached hydrogens (tertiary/aromatic N) is 1. The van der Waals surface area contributed by atoms with Crippen LogP contribution in [0.15, 0.2) is 24.3 Å². The second kappa shape index (κ2) is 13.8. The van der Waals surface area contributed by atoms with Gasteiger partial charge in [0, 0.05) is 0 Å². The lowest BCUT2D eigenvalue weighted by molar-refractivity contribution is -0.262. The van der Waals surface area contributed by atoms with Crippen LogP contribution in [0.25, 0.3) is 0 Å². The fourth-order valence-corrected chi connectivity index (χ4v) is 3.51. The minimum atomic E-state index is -2.70. The second-order valence-corrected chi connectivity index (χ2v) is 8.92. The van der Waals surface area contributed by atoms with Gasteiger partial charge in [-0.15, -0.1) is 0 Å². The number of carboxylic acids is 1. The molecule has 0 aliphatic carbocycles. The SMILES string of the molecule is CCN(CC)C(C)OC(=O)C(O)(CC(=O)O)CC(=O)OOC(=O)C(C)c1ccc(CC(C)C)cc1. The Kier molecular flexibility index (Phi) is 11.8. The molecule has 2 N–H and O–H groups in total. The van der Waals surface area contributed by atoms with Crippen molar-refractivity contribution < 1.29 is 43.9 Å². The summed E-state index contributed by atoms with van der Waals surface area (Å²) in [6, 6.07) is 7.37. The number of esters is 1. The van der Waals surface area contributed by atoms with Gasteiger partial charge in [0.25, 0.3) is 0 Å². The summed E-state index contributed by atoms with van der Waals surface area (Å²) in [6.07, 6.45) is -2.04. The third-order valence-electron chi connectivity index (χ3n) is 5.56. The topological polar surface area (TPSA) is 140 Å². The molecule has 1 aromatic carbocycles. The van der Waals surface area contributed by atoms with E-state index in [1.807, 2.05) is 26.0 Å². The van der Waals surface area contributed by atoms with E-state index in [9.17, 15) is 24.3 Å². The summed E-state index contributed by atoms with van der Waals surface area (Å²) in [5.41, 5.74) is -0.931. The minimum absolute atomic E-state index is 0.486. The lowest BCUT2D eigenvalue weighted by Crippen LogP contribution is -2.48. The van der Waals surface area contributed by atoms with Gasteiger partial charge < -0.3 is 14.9 Å². The molecular formula is C25H37NO9. The van der Waals surface area contributed by atoms with Gasteiger partial charge in [0.05, 0.1) is 18.8 Å². The van der Waals surface area contributed by atoms with E-state index in [1.165, 1.54) is 0 Å². The molecule has 35 heavy (non-hydrogen) atoms. The molecule has 0 aliphatic rings. The number of hydrogen-bond donors (Lipinski definition) is 2. The summed E-state index contributed by atoms with van der Waals surface area (Å²) < 4.78 is 5.17. The summed E-state index contributed by atoms with van der Waals surface area (Å²) in [4.78, 5) is 59.1. The van der Waals surface area contributed by atoms with Gasteiger partial charge in [-0.2, -0.15) is 0 Å². The van der Waals surface area contributed by atoms with E-state index in [1.54, 1.807) is 30.9 Å². The number of hydrogen-bond acceptors (Lipinski definition) is 9. The van der Waals surface area contributed by atoms with Crippen LogP contribution in [0.3, 0.4) is 0 Å². The van der Waals surface area contributed by atoms with Gasteiger partial charge in [-0.1, -0.05) is 52.0 Å². The number of aliphatic carboxylic acids is 1. The summed E-state index contributed by atoms with van der Waals surface area (Å²) >= 11 is 0. The number of aliphatic hydroxyl groups is 1. The largest absolute Gasteiger partial charge is 0.481 e. The Bertz CT molecular complexity index is 864. The highest BCUT2D eigenvalue weighted by atomic mass is 17.2. The molecule has 10 heteroatoms. The van der Waals surface area contributed by atoms with Crippen LogP contribution in [0.4, 0.5) is 0 Å². The quantitative estimate of drug-likeness (QED) is 0.182. The average molecular weight is 496 g/mol. The van der Waals surface area contributed by atoms with Crippen LogP contribution >= 0.6 is 0 Å². The van der Waals surface area contributed by atoms with E-state index >= 15 is 0 Å². The first-order chi connectivity index (χ1) is 16.3. The van der Waals surface area contributed by atoms with Crippen molar-refractivity contribution in [1.29, 1.82) is 0 Å². The third-order valence-corrected chi connectivity index (χ3v) is 5.56. The molecular weight excluding hydrogens is 458 g/mol. The summed E-state index contributed by atoms with van der Waals surface area (Å²) in [5.74, 6) is -5.26. The van der Waals surface area contributed by atoms with Gasteiger partial charge in [0.1, 0.15) is 0 Å². The molecule has 1 rings (SSSR count). The minimum Gasteiger partial charge on any atom is -0.481 e. The molecule has 0 saturated heterocycles. The van der Waals surface area contributed by atoms with Gasteiger partial charge in [-0.25, -0.2) is 24.2 Å². The van der Waals surface area contributed by atoms with Crippen LogP contribution in [0.1, 0.15) is 71.4 Å². The van der Waals surface area contributed by atoms with Crippen LogP contribution < -0.4 is 0 Å². The Balaban J connectivity index is 2.77. The van der Waals surface area contributed by atoms with E-state index < -0.39 is 54.5 Å². The van der Waals surface area contributed by atoms with Crippen molar-refractivity contribution in [2.45, 2.75) is 78.6 Å². The van der Waals surface area contributed by atoms with Crippen molar-refractivity contribution in [3.63, 3.8) is 0 Å². The second-order valence-electron chi connectivity index (χ2n) is 8.92. The van der Waals surface area contributed by atoms with Crippen molar-refractivity contribution in [3.8, 4) is 0 Å². The lowest BCUT2D eigenvalue weighted by atomic mass is 9.96. The normalized spacial score (nSPS) is 14.7. The zero-order valence-electron chi connectivity index (χ0n) is 21.3. The Morgan fingerprint density at radius 2 is 1.51 bits per heavy atom. The third kappa shape index (κ3) is 9.65. The number of carboxylic acid groups (broad SMARTS) is 1. The van der Waals surface area contributed by atoms with Gasteiger partial charge in [0.2, 0.25) is 0 Å².